The summed E-state index contributed by atoms with van der Waals surface area (Å²) >= 11 is 2.06. The number of benzene rings is 1. The van der Waals surface area contributed by atoms with Crippen molar-refractivity contribution in [1.82, 2.24) is 5.32 Å². The molecule has 1 amide bonds. The van der Waals surface area contributed by atoms with Crippen LogP contribution in [0.2, 0.25) is 0 Å². The molecule has 1 saturated carbocycles. The summed E-state index contributed by atoms with van der Waals surface area (Å²) in [6, 6.07) is 8.32. The first-order valence-electron chi connectivity index (χ1n) is 9.43. The van der Waals surface area contributed by atoms with Gasteiger partial charge in [0.1, 0.15) is 0 Å². The topological polar surface area (TPSA) is 50.4 Å². The van der Waals surface area contributed by atoms with Gasteiger partial charge >= 0.3 is 0 Å². The predicted octanol–water partition coefficient (Wildman–Crippen LogP) is 3.82. The highest BCUT2D eigenvalue weighted by molar-refractivity contribution is 7.99. The van der Waals surface area contributed by atoms with Gasteiger partial charge < -0.3 is 15.4 Å². The average molecular weight is 363 g/mol. The summed E-state index contributed by atoms with van der Waals surface area (Å²) < 4.78 is 5.37. The van der Waals surface area contributed by atoms with Crippen LogP contribution in [-0.4, -0.2) is 38.0 Å². The van der Waals surface area contributed by atoms with Crippen LogP contribution in [0.3, 0.4) is 0 Å². The molecular formula is C20H30N2O2S. The lowest BCUT2D eigenvalue weighted by Crippen LogP contribution is -2.47. The maximum absolute atomic E-state index is 12.9. The number of amides is 1. The van der Waals surface area contributed by atoms with Gasteiger partial charge in [0.25, 0.3) is 0 Å². The monoisotopic (exact) mass is 362 g/mol. The van der Waals surface area contributed by atoms with Crippen molar-refractivity contribution >= 4 is 23.4 Å². The lowest BCUT2D eigenvalue weighted by atomic mass is 9.78. The fourth-order valence-corrected chi connectivity index (χ4v) is 5.16. The van der Waals surface area contributed by atoms with Crippen molar-refractivity contribution in [2.24, 2.45) is 5.41 Å². The maximum Gasteiger partial charge on any atom is 0.233 e. The Hall–Kier alpha value is -1.04. The molecule has 2 fully saturated rings. The van der Waals surface area contributed by atoms with Crippen molar-refractivity contribution in [3.63, 3.8) is 0 Å². The molecule has 1 heterocycles. The first-order valence-corrected chi connectivity index (χ1v) is 10.5. The first kappa shape index (κ1) is 18.7. The number of ether oxygens (including phenoxy) is 1. The standard InChI is InChI=1S/C20H30N2O2S/c1-24-15-20(9-11-21-12-10-20)19(23)22-17-6-4-5-16(13-17)14-25-18-7-2-3-8-18/h4-6,13,18,21H,2-3,7-12,14-15H2,1H3,(H,22,23). The molecule has 1 aromatic rings. The van der Waals surface area contributed by atoms with Gasteiger partial charge in [0.15, 0.2) is 0 Å². The van der Waals surface area contributed by atoms with Crippen LogP contribution in [0.4, 0.5) is 5.69 Å². The van der Waals surface area contributed by atoms with Crippen molar-refractivity contribution in [2.45, 2.75) is 49.5 Å². The quantitative estimate of drug-likeness (QED) is 0.774. The lowest BCUT2D eigenvalue weighted by Gasteiger charge is -2.35. The minimum atomic E-state index is -0.408. The van der Waals surface area contributed by atoms with Gasteiger partial charge in [-0.25, -0.2) is 0 Å². The summed E-state index contributed by atoms with van der Waals surface area (Å²) in [4.78, 5) is 12.9. The fraction of sp³-hybridized carbons (Fsp3) is 0.650. The second-order valence-electron chi connectivity index (χ2n) is 7.34. The molecule has 0 spiro atoms. The Bertz CT molecular complexity index is 561. The average Bonchev–Trinajstić information content (AvgIpc) is 3.15. The predicted molar refractivity (Wildman–Crippen MR) is 105 cm³/mol. The zero-order chi connectivity index (χ0) is 17.5. The highest BCUT2D eigenvalue weighted by Gasteiger charge is 2.39. The number of rotatable bonds is 7. The van der Waals surface area contributed by atoms with E-state index >= 15 is 0 Å². The zero-order valence-electron chi connectivity index (χ0n) is 15.2. The molecule has 2 aliphatic rings. The summed E-state index contributed by atoms with van der Waals surface area (Å²) in [5.41, 5.74) is 1.79. The molecule has 1 aliphatic carbocycles. The van der Waals surface area contributed by atoms with Gasteiger partial charge in [-0.1, -0.05) is 25.0 Å². The Kier molecular flexibility index (Phi) is 6.79. The van der Waals surface area contributed by atoms with Gasteiger partial charge in [0, 0.05) is 23.8 Å². The third-order valence-electron chi connectivity index (χ3n) is 5.44. The molecule has 1 saturated heterocycles. The number of thioether (sulfide) groups is 1. The number of anilines is 1. The highest BCUT2D eigenvalue weighted by atomic mass is 32.2. The summed E-state index contributed by atoms with van der Waals surface area (Å²) in [6.07, 6.45) is 7.12. The minimum absolute atomic E-state index is 0.0939. The lowest BCUT2D eigenvalue weighted by molar-refractivity contribution is -0.130. The molecule has 1 aromatic carbocycles. The van der Waals surface area contributed by atoms with E-state index in [2.05, 4.69) is 34.5 Å². The van der Waals surface area contributed by atoms with Crippen LogP contribution >= 0.6 is 11.8 Å². The van der Waals surface area contributed by atoms with Crippen LogP contribution < -0.4 is 10.6 Å². The molecule has 3 rings (SSSR count). The molecule has 0 aromatic heterocycles. The number of carbonyl (C=O) groups is 1. The van der Waals surface area contributed by atoms with E-state index in [1.807, 2.05) is 12.1 Å². The van der Waals surface area contributed by atoms with Crippen molar-refractivity contribution in [3.8, 4) is 0 Å². The molecule has 0 radical (unpaired) electrons. The Morgan fingerprint density at radius 3 is 2.80 bits per heavy atom. The van der Waals surface area contributed by atoms with Crippen molar-refractivity contribution in [1.29, 1.82) is 0 Å². The summed E-state index contributed by atoms with van der Waals surface area (Å²) in [5, 5.41) is 7.30. The Labute approximate surface area is 155 Å². The SMILES string of the molecule is COCC1(C(=O)Nc2cccc(CSC3CCCC3)c2)CCNCC1. The molecule has 2 N–H and O–H groups in total. The molecule has 4 nitrogen and oxygen atoms in total. The number of carbonyl (C=O) groups excluding carboxylic acids is 1. The normalized spacial score (nSPS) is 20.5. The molecule has 0 atom stereocenters. The number of piperidine rings is 1. The third kappa shape index (κ3) is 4.99. The third-order valence-corrected chi connectivity index (χ3v) is 6.88. The van der Waals surface area contributed by atoms with E-state index in [9.17, 15) is 4.79 Å². The molecule has 0 bridgehead atoms. The second kappa shape index (κ2) is 9.06. The largest absolute Gasteiger partial charge is 0.384 e. The summed E-state index contributed by atoms with van der Waals surface area (Å²) in [6.45, 7) is 2.22. The van der Waals surface area contributed by atoms with E-state index in [-0.39, 0.29) is 5.91 Å². The number of hydrogen-bond donors (Lipinski definition) is 2. The second-order valence-corrected chi connectivity index (χ2v) is 8.62. The van der Waals surface area contributed by atoms with Gasteiger partial charge in [-0.15, -0.1) is 0 Å². The number of nitrogens with one attached hydrogen (secondary N) is 2. The molecular weight excluding hydrogens is 332 g/mol. The fourth-order valence-electron chi connectivity index (χ4n) is 3.89. The van der Waals surface area contributed by atoms with E-state index in [0.29, 0.717) is 6.61 Å². The van der Waals surface area contributed by atoms with Gasteiger partial charge in [-0.2, -0.15) is 11.8 Å². The van der Waals surface area contributed by atoms with E-state index < -0.39 is 5.41 Å². The van der Waals surface area contributed by atoms with Crippen molar-refractivity contribution in [3.05, 3.63) is 29.8 Å². The maximum atomic E-state index is 12.9. The van der Waals surface area contributed by atoms with Crippen molar-refractivity contribution in [2.75, 3.05) is 32.1 Å². The van der Waals surface area contributed by atoms with Gasteiger partial charge in [-0.05, 0) is 56.5 Å². The number of methoxy groups -OCH3 is 1. The van der Waals surface area contributed by atoms with Crippen LogP contribution in [-0.2, 0) is 15.3 Å². The Balaban J connectivity index is 1.60. The van der Waals surface area contributed by atoms with Crippen LogP contribution in [0.25, 0.3) is 0 Å². The molecule has 25 heavy (non-hydrogen) atoms. The smallest absolute Gasteiger partial charge is 0.233 e. The van der Waals surface area contributed by atoms with E-state index in [1.165, 1.54) is 31.2 Å². The molecule has 5 heteroatoms. The molecule has 138 valence electrons. The Morgan fingerprint density at radius 2 is 2.08 bits per heavy atom. The van der Waals surface area contributed by atoms with E-state index in [1.54, 1.807) is 7.11 Å². The van der Waals surface area contributed by atoms with Gasteiger partial charge in [-0.3, -0.25) is 4.79 Å². The molecule has 1 aliphatic heterocycles. The van der Waals surface area contributed by atoms with Crippen molar-refractivity contribution < 1.29 is 9.53 Å². The van der Waals surface area contributed by atoms with Crippen LogP contribution in [0.5, 0.6) is 0 Å². The highest BCUT2D eigenvalue weighted by Crippen LogP contribution is 2.33. The van der Waals surface area contributed by atoms with Crippen LogP contribution in [0.15, 0.2) is 24.3 Å². The van der Waals surface area contributed by atoms with E-state index in [0.717, 1.165) is 42.6 Å². The number of hydrogen-bond acceptors (Lipinski definition) is 4. The first-order chi connectivity index (χ1) is 12.2. The summed E-state index contributed by atoms with van der Waals surface area (Å²) in [5.74, 6) is 1.12. The minimum Gasteiger partial charge on any atom is -0.384 e. The zero-order valence-corrected chi connectivity index (χ0v) is 16.0. The van der Waals surface area contributed by atoms with Crippen LogP contribution in [0, 0.1) is 5.41 Å². The van der Waals surface area contributed by atoms with E-state index in [4.69, 9.17) is 4.74 Å². The molecule has 0 unspecified atom stereocenters. The van der Waals surface area contributed by atoms with Crippen LogP contribution in [0.1, 0.15) is 44.1 Å². The summed E-state index contributed by atoms with van der Waals surface area (Å²) in [7, 11) is 1.68. The van der Waals surface area contributed by atoms with Gasteiger partial charge in [0.05, 0.1) is 12.0 Å². The van der Waals surface area contributed by atoms with Gasteiger partial charge in [0.2, 0.25) is 5.91 Å². The Morgan fingerprint density at radius 1 is 1.32 bits per heavy atom.